The van der Waals surface area contributed by atoms with Crippen LogP contribution in [0.15, 0.2) is 27.8 Å². The van der Waals surface area contributed by atoms with Crippen molar-refractivity contribution in [2.75, 3.05) is 18.0 Å². The third kappa shape index (κ3) is 3.39. The van der Waals surface area contributed by atoms with Gasteiger partial charge in [0, 0.05) is 37.8 Å². The Morgan fingerprint density at radius 2 is 1.96 bits per heavy atom. The Balaban J connectivity index is 2.15. The summed E-state index contributed by atoms with van der Waals surface area (Å²) in [5, 5.41) is -0.382. The summed E-state index contributed by atoms with van der Waals surface area (Å²) in [5.74, 6) is -1.17. The van der Waals surface area contributed by atoms with Gasteiger partial charge in [-0.3, -0.25) is 13.9 Å². The zero-order chi connectivity index (χ0) is 19.0. The Labute approximate surface area is 153 Å². The van der Waals surface area contributed by atoms with E-state index in [0.717, 1.165) is 29.5 Å². The van der Waals surface area contributed by atoms with Crippen LogP contribution in [-0.2, 0) is 13.6 Å². The molecule has 1 atom stereocenters. The minimum atomic E-state index is -0.775. The molecule has 140 valence electrons. The van der Waals surface area contributed by atoms with Gasteiger partial charge in [0.15, 0.2) is 0 Å². The molecule has 2 heterocycles. The quantitative estimate of drug-likeness (QED) is 0.813. The Morgan fingerprint density at radius 3 is 2.65 bits per heavy atom. The van der Waals surface area contributed by atoms with Crippen LogP contribution in [0.4, 0.5) is 14.6 Å². The van der Waals surface area contributed by atoms with E-state index in [4.69, 9.17) is 17.3 Å². The molecule has 1 fully saturated rings. The summed E-state index contributed by atoms with van der Waals surface area (Å²) in [6, 6.07) is 3.10. The average molecular weight is 385 g/mol. The van der Waals surface area contributed by atoms with E-state index >= 15 is 0 Å². The van der Waals surface area contributed by atoms with Crippen LogP contribution < -0.4 is 21.9 Å². The Morgan fingerprint density at radius 1 is 1.27 bits per heavy atom. The second kappa shape index (κ2) is 7.20. The zero-order valence-electron chi connectivity index (χ0n) is 14.2. The molecule has 26 heavy (non-hydrogen) atoms. The van der Waals surface area contributed by atoms with Gasteiger partial charge in [-0.15, -0.1) is 0 Å². The minimum absolute atomic E-state index is 0.0918. The lowest BCUT2D eigenvalue weighted by atomic mass is 10.1. The van der Waals surface area contributed by atoms with Crippen LogP contribution in [-0.4, -0.2) is 28.3 Å². The summed E-state index contributed by atoms with van der Waals surface area (Å²) in [4.78, 5) is 26.6. The van der Waals surface area contributed by atoms with Crippen LogP contribution in [0.5, 0.6) is 0 Å². The number of hydrogen-bond donors (Lipinski definition) is 1. The number of nitrogens with zero attached hydrogens (tertiary/aromatic N) is 3. The maximum atomic E-state index is 14.2. The fraction of sp³-hybridized carbons (Fsp3) is 0.412. The van der Waals surface area contributed by atoms with E-state index in [0.29, 0.717) is 18.9 Å². The fourth-order valence-corrected chi connectivity index (χ4v) is 3.37. The van der Waals surface area contributed by atoms with Gasteiger partial charge in [-0.05, 0) is 25.0 Å². The predicted molar refractivity (Wildman–Crippen MR) is 95.8 cm³/mol. The van der Waals surface area contributed by atoms with Crippen LogP contribution in [0, 0.1) is 11.6 Å². The molecular formula is C17H19ClF2N4O2. The standard InChI is InChI=1S/C17H19ClF2N4O2/c1-22-15(25)7-14(23-6-2-3-10(21)8-23)24(17(22)26)9-11-12(19)4-5-13(20)16(11)18/h4-5,7,10H,2-3,6,8-9,21H2,1H3/t10-/m1/s1. The smallest absolute Gasteiger partial charge is 0.332 e. The van der Waals surface area contributed by atoms with Crippen LogP contribution in [0.25, 0.3) is 0 Å². The van der Waals surface area contributed by atoms with Crippen LogP contribution in [0.1, 0.15) is 18.4 Å². The second-order valence-electron chi connectivity index (χ2n) is 6.44. The predicted octanol–water partition coefficient (Wildman–Crippen LogP) is 1.45. The SMILES string of the molecule is Cn1c(=O)cc(N2CCC[C@@H](N)C2)n(Cc2c(F)ccc(F)c2Cl)c1=O. The Bertz CT molecular complexity index is 957. The molecule has 1 aliphatic rings. The molecule has 1 aromatic heterocycles. The number of nitrogens with two attached hydrogens (primary N) is 1. The number of piperidine rings is 1. The van der Waals surface area contributed by atoms with Crippen LogP contribution in [0.3, 0.4) is 0 Å². The summed E-state index contributed by atoms with van der Waals surface area (Å²) >= 11 is 5.90. The van der Waals surface area contributed by atoms with Crippen molar-refractivity contribution in [3.05, 3.63) is 61.3 Å². The van der Waals surface area contributed by atoms with Gasteiger partial charge < -0.3 is 10.6 Å². The van der Waals surface area contributed by atoms with E-state index in [2.05, 4.69) is 0 Å². The molecular weight excluding hydrogens is 366 g/mol. The number of anilines is 1. The first kappa shape index (κ1) is 18.6. The van der Waals surface area contributed by atoms with Crippen molar-refractivity contribution < 1.29 is 8.78 Å². The fourth-order valence-electron chi connectivity index (χ4n) is 3.16. The van der Waals surface area contributed by atoms with E-state index < -0.39 is 22.9 Å². The molecule has 0 amide bonds. The molecule has 0 radical (unpaired) electrons. The van der Waals surface area contributed by atoms with Crippen molar-refractivity contribution in [2.24, 2.45) is 12.8 Å². The number of hydrogen-bond acceptors (Lipinski definition) is 4. The Hall–Kier alpha value is -2.19. The first-order valence-electron chi connectivity index (χ1n) is 8.23. The van der Waals surface area contributed by atoms with Crippen molar-refractivity contribution in [1.82, 2.24) is 9.13 Å². The zero-order valence-corrected chi connectivity index (χ0v) is 15.0. The number of halogens is 3. The first-order valence-corrected chi connectivity index (χ1v) is 8.61. The molecule has 0 spiro atoms. The molecule has 0 unspecified atom stereocenters. The summed E-state index contributed by atoms with van der Waals surface area (Å²) in [6.45, 7) is 0.780. The van der Waals surface area contributed by atoms with Crippen LogP contribution >= 0.6 is 11.6 Å². The van der Waals surface area contributed by atoms with Gasteiger partial charge in [-0.25, -0.2) is 13.6 Å². The van der Waals surface area contributed by atoms with Crippen molar-refractivity contribution >= 4 is 17.4 Å². The lowest BCUT2D eigenvalue weighted by Gasteiger charge is -2.34. The first-order chi connectivity index (χ1) is 12.3. The summed E-state index contributed by atoms with van der Waals surface area (Å²) in [7, 11) is 1.33. The van der Waals surface area contributed by atoms with E-state index in [-0.39, 0.29) is 23.2 Å². The highest BCUT2D eigenvalue weighted by atomic mass is 35.5. The molecule has 0 aliphatic carbocycles. The van der Waals surface area contributed by atoms with Crippen molar-refractivity contribution in [3.63, 3.8) is 0 Å². The molecule has 2 N–H and O–H groups in total. The number of benzene rings is 1. The van der Waals surface area contributed by atoms with Crippen molar-refractivity contribution in [1.29, 1.82) is 0 Å². The largest absolute Gasteiger partial charge is 0.356 e. The van der Waals surface area contributed by atoms with Gasteiger partial charge in [0.1, 0.15) is 17.5 Å². The second-order valence-corrected chi connectivity index (χ2v) is 6.82. The summed E-state index contributed by atoms with van der Waals surface area (Å²) in [6.07, 6.45) is 1.65. The molecule has 1 saturated heterocycles. The molecule has 1 aliphatic heterocycles. The van der Waals surface area contributed by atoms with Crippen LogP contribution in [0.2, 0.25) is 5.02 Å². The minimum Gasteiger partial charge on any atom is -0.356 e. The van der Waals surface area contributed by atoms with E-state index in [9.17, 15) is 18.4 Å². The third-order valence-corrected chi connectivity index (χ3v) is 5.02. The monoisotopic (exact) mass is 384 g/mol. The van der Waals surface area contributed by atoms with E-state index in [1.54, 1.807) is 0 Å². The third-order valence-electron chi connectivity index (χ3n) is 4.61. The lowest BCUT2D eigenvalue weighted by Crippen LogP contribution is -2.47. The summed E-state index contributed by atoms with van der Waals surface area (Å²) in [5.41, 5.74) is 4.74. The number of aromatic nitrogens is 2. The van der Waals surface area contributed by atoms with Gasteiger partial charge in [-0.1, -0.05) is 11.6 Å². The maximum absolute atomic E-state index is 14.2. The van der Waals surface area contributed by atoms with Crippen molar-refractivity contribution in [2.45, 2.75) is 25.4 Å². The van der Waals surface area contributed by atoms with Gasteiger partial charge >= 0.3 is 5.69 Å². The molecule has 1 aromatic carbocycles. The van der Waals surface area contributed by atoms with E-state index in [1.807, 2.05) is 4.90 Å². The Kier molecular flexibility index (Phi) is 5.15. The van der Waals surface area contributed by atoms with Gasteiger partial charge in [-0.2, -0.15) is 0 Å². The number of rotatable bonds is 3. The lowest BCUT2D eigenvalue weighted by molar-refractivity contribution is 0.489. The van der Waals surface area contributed by atoms with Gasteiger partial charge in [0.2, 0.25) is 0 Å². The maximum Gasteiger partial charge on any atom is 0.332 e. The molecule has 6 nitrogen and oxygen atoms in total. The molecule has 0 saturated carbocycles. The normalized spacial score (nSPS) is 17.6. The highest BCUT2D eigenvalue weighted by molar-refractivity contribution is 6.31. The molecule has 3 rings (SSSR count). The highest BCUT2D eigenvalue weighted by Gasteiger charge is 2.23. The molecule has 0 bridgehead atoms. The topological polar surface area (TPSA) is 73.3 Å². The molecule has 9 heteroatoms. The highest BCUT2D eigenvalue weighted by Crippen LogP contribution is 2.25. The summed E-state index contributed by atoms with van der Waals surface area (Å²) < 4.78 is 30.1. The molecule has 2 aromatic rings. The van der Waals surface area contributed by atoms with E-state index in [1.165, 1.54) is 17.7 Å². The van der Waals surface area contributed by atoms with Gasteiger partial charge in [0.05, 0.1) is 11.6 Å². The average Bonchev–Trinajstić information content (AvgIpc) is 2.61. The van der Waals surface area contributed by atoms with Crippen molar-refractivity contribution in [3.8, 4) is 0 Å². The van der Waals surface area contributed by atoms with Gasteiger partial charge in [0.25, 0.3) is 5.56 Å².